The quantitative estimate of drug-likeness (QED) is 0.449. The fourth-order valence-electron chi connectivity index (χ4n) is 3.77. The number of aromatic nitrogens is 7. The van der Waals surface area contributed by atoms with E-state index in [4.69, 9.17) is 15.0 Å². The Kier molecular flexibility index (Phi) is 5.95. The topological polar surface area (TPSA) is 151 Å². The molecule has 4 aromatic heterocycles. The minimum Gasteiger partial charge on any atom is -0.381 e. The van der Waals surface area contributed by atoms with Gasteiger partial charge in [-0.15, -0.1) is 0 Å². The highest BCUT2D eigenvalue weighted by Crippen LogP contribution is 2.23. The summed E-state index contributed by atoms with van der Waals surface area (Å²) in [7, 11) is 1.71. The van der Waals surface area contributed by atoms with E-state index in [1.165, 1.54) is 0 Å². The third-order valence-electron chi connectivity index (χ3n) is 5.72. The molecule has 1 aliphatic heterocycles. The van der Waals surface area contributed by atoms with Gasteiger partial charge in [-0.25, -0.2) is 9.97 Å². The third kappa shape index (κ3) is 4.62. The molecule has 0 aromatic carbocycles. The van der Waals surface area contributed by atoms with Gasteiger partial charge in [0.2, 0.25) is 17.7 Å². The molecule has 12 heteroatoms. The van der Waals surface area contributed by atoms with Gasteiger partial charge < -0.3 is 19.9 Å². The number of likely N-dealkylation sites (tertiary alicyclic amines) is 1. The number of nitrogen functional groups attached to an aromatic ring is 1. The van der Waals surface area contributed by atoms with E-state index in [1.54, 1.807) is 42.8 Å². The molecule has 0 aliphatic carbocycles. The fraction of sp³-hybridized carbons (Fsp3) is 0.318. The molecule has 12 nitrogen and oxygen atoms in total. The van der Waals surface area contributed by atoms with Crippen molar-refractivity contribution in [1.82, 2.24) is 39.8 Å². The minimum atomic E-state index is 0.0214. The molecule has 1 aliphatic rings. The van der Waals surface area contributed by atoms with Gasteiger partial charge in [0.15, 0.2) is 0 Å². The molecule has 34 heavy (non-hydrogen) atoms. The molecule has 4 aromatic rings. The van der Waals surface area contributed by atoms with Crippen molar-refractivity contribution in [3.05, 3.63) is 43.1 Å². The van der Waals surface area contributed by atoms with Gasteiger partial charge in [0.1, 0.15) is 6.54 Å². The highest BCUT2D eigenvalue weighted by Gasteiger charge is 2.23. The van der Waals surface area contributed by atoms with Crippen LogP contribution in [-0.2, 0) is 16.1 Å². The van der Waals surface area contributed by atoms with Gasteiger partial charge in [-0.3, -0.25) is 14.5 Å². The normalized spacial score (nSPS) is 14.4. The predicted molar refractivity (Wildman–Crippen MR) is 121 cm³/mol. The molecule has 0 atom stereocenters. The van der Waals surface area contributed by atoms with Gasteiger partial charge in [0, 0.05) is 56.1 Å². The van der Waals surface area contributed by atoms with Crippen molar-refractivity contribution in [2.45, 2.75) is 25.5 Å². The lowest BCUT2D eigenvalue weighted by Crippen LogP contribution is -2.42. The molecule has 0 unspecified atom stereocenters. The van der Waals surface area contributed by atoms with Crippen molar-refractivity contribution in [1.29, 1.82) is 0 Å². The highest BCUT2D eigenvalue weighted by molar-refractivity contribution is 5.76. The second kappa shape index (κ2) is 9.35. The average molecular weight is 461 g/mol. The largest absolute Gasteiger partial charge is 0.381 e. The van der Waals surface area contributed by atoms with Crippen LogP contribution in [0.5, 0.6) is 0 Å². The van der Waals surface area contributed by atoms with E-state index in [-0.39, 0.29) is 24.5 Å². The SMILES string of the molecule is COC1CCN(C(=O)Cn2cc(-c3nc(-c4ccc(-c5cnc(N)nc5)nc4)no3)cn2)CC1. The van der Waals surface area contributed by atoms with E-state index >= 15 is 0 Å². The molecule has 1 fully saturated rings. The van der Waals surface area contributed by atoms with Crippen molar-refractivity contribution >= 4 is 11.9 Å². The van der Waals surface area contributed by atoms with E-state index in [9.17, 15) is 4.79 Å². The number of carbonyl (C=O) groups excluding carboxylic acids is 1. The second-order valence-corrected chi connectivity index (χ2v) is 7.93. The van der Waals surface area contributed by atoms with Crippen LogP contribution in [0, 0.1) is 0 Å². The Balaban J connectivity index is 1.24. The number of nitrogens with zero attached hydrogens (tertiary/aromatic N) is 8. The first kappa shape index (κ1) is 21.6. The second-order valence-electron chi connectivity index (χ2n) is 7.93. The fourth-order valence-corrected chi connectivity index (χ4v) is 3.77. The maximum absolute atomic E-state index is 12.6. The Morgan fingerprint density at radius 3 is 2.56 bits per heavy atom. The average Bonchev–Trinajstić information content (AvgIpc) is 3.55. The van der Waals surface area contributed by atoms with Gasteiger partial charge in [-0.1, -0.05) is 5.16 Å². The molecular formula is C22H23N9O3. The van der Waals surface area contributed by atoms with Gasteiger partial charge >= 0.3 is 0 Å². The maximum atomic E-state index is 12.6. The van der Waals surface area contributed by atoms with Crippen LogP contribution in [-0.4, -0.2) is 72.0 Å². The third-order valence-corrected chi connectivity index (χ3v) is 5.72. The molecule has 0 bridgehead atoms. The molecule has 0 saturated carbocycles. The number of nitrogens with two attached hydrogens (primary N) is 1. The molecule has 1 amide bonds. The number of pyridine rings is 1. The Bertz CT molecular complexity index is 1260. The molecule has 0 radical (unpaired) electrons. The molecule has 5 rings (SSSR count). The summed E-state index contributed by atoms with van der Waals surface area (Å²) in [5.74, 6) is 0.935. The van der Waals surface area contributed by atoms with Gasteiger partial charge in [0.05, 0.1) is 23.6 Å². The van der Waals surface area contributed by atoms with Crippen LogP contribution < -0.4 is 5.73 Å². The van der Waals surface area contributed by atoms with Crippen LogP contribution in [0.3, 0.4) is 0 Å². The van der Waals surface area contributed by atoms with Gasteiger partial charge in [0.25, 0.3) is 5.89 Å². The lowest BCUT2D eigenvalue weighted by Gasteiger charge is -2.31. The first-order chi connectivity index (χ1) is 16.6. The molecule has 174 valence electrons. The highest BCUT2D eigenvalue weighted by atomic mass is 16.5. The summed E-state index contributed by atoms with van der Waals surface area (Å²) in [4.78, 5) is 31.3. The Morgan fingerprint density at radius 1 is 1.09 bits per heavy atom. The van der Waals surface area contributed by atoms with Crippen LogP contribution >= 0.6 is 0 Å². The van der Waals surface area contributed by atoms with E-state index in [2.05, 4.69) is 30.2 Å². The monoisotopic (exact) mass is 461 g/mol. The van der Waals surface area contributed by atoms with Crippen LogP contribution in [0.2, 0.25) is 0 Å². The summed E-state index contributed by atoms with van der Waals surface area (Å²) in [6, 6.07) is 3.65. The van der Waals surface area contributed by atoms with Crippen LogP contribution in [0.1, 0.15) is 12.8 Å². The first-order valence-corrected chi connectivity index (χ1v) is 10.8. The van der Waals surface area contributed by atoms with Crippen LogP contribution in [0.4, 0.5) is 5.95 Å². The van der Waals surface area contributed by atoms with Crippen molar-refractivity contribution in [3.8, 4) is 34.1 Å². The molecule has 5 heterocycles. The number of rotatable bonds is 6. The number of hydrogen-bond donors (Lipinski definition) is 1. The summed E-state index contributed by atoms with van der Waals surface area (Å²) < 4.78 is 12.3. The first-order valence-electron chi connectivity index (χ1n) is 10.8. The smallest absolute Gasteiger partial charge is 0.261 e. The number of amides is 1. The van der Waals surface area contributed by atoms with E-state index in [0.29, 0.717) is 41.6 Å². The number of carbonyl (C=O) groups is 1. The van der Waals surface area contributed by atoms with Crippen LogP contribution in [0.25, 0.3) is 34.1 Å². The summed E-state index contributed by atoms with van der Waals surface area (Å²) in [5.41, 5.74) is 8.30. The van der Waals surface area contributed by atoms with Gasteiger partial charge in [-0.05, 0) is 25.0 Å². The van der Waals surface area contributed by atoms with E-state index < -0.39 is 0 Å². The zero-order valence-electron chi connectivity index (χ0n) is 18.5. The predicted octanol–water partition coefficient (Wildman–Crippen LogP) is 1.67. The number of ether oxygens (including phenoxy) is 1. The Morgan fingerprint density at radius 2 is 1.85 bits per heavy atom. The summed E-state index contributed by atoms with van der Waals surface area (Å²) in [5, 5.41) is 8.32. The number of piperidine rings is 1. The van der Waals surface area contributed by atoms with Crippen molar-refractivity contribution in [2.24, 2.45) is 0 Å². The Hall–Kier alpha value is -4.19. The standard InChI is InChI=1S/C22H23N9O3/c1-33-17-4-6-30(7-5-17)19(32)13-31-12-16(11-27-31)21-28-20(29-34-21)14-2-3-18(24-8-14)15-9-25-22(23)26-10-15/h2-3,8-12,17H,4-7,13H2,1H3,(H2,23,25,26). The lowest BCUT2D eigenvalue weighted by atomic mass is 10.1. The minimum absolute atomic E-state index is 0.0214. The van der Waals surface area contributed by atoms with Crippen molar-refractivity contribution < 1.29 is 14.1 Å². The number of hydrogen-bond acceptors (Lipinski definition) is 10. The summed E-state index contributed by atoms with van der Waals surface area (Å²) in [6.07, 6.45) is 10.1. The summed E-state index contributed by atoms with van der Waals surface area (Å²) in [6.45, 7) is 1.53. The van der Waals surface area contributed by atoms with Gasteiger partial charge in [-0.2, -0.15) is 10.1 Å². The molecule has 1 saturated heterocycles. The zero-order valence-corrected chi connectivity index (χ0v) is 18.5. The number of anilines is 1. The summed E-state index contributed by atoms with van der Waals surface area (Å²) >= 11 is 0. The maximum Gasteiger partial charge on any atom is 0.261 e. The molecular weight excluding hydrogens is 438 g/mol. The van der Waals surface area contributed by atoms with E-state index in [1.807, 2.05) is 17.0 Å². The van der Waals surface area contributed by atoms with Crippen LogP contribution in [0.15, 0.2) is 47.6 Å². The molecule has 2 N–H and O–H groups in total. The van der Waals surface area contributed by atoms with Crippen molar-refractivity contribution in [2.75, 3.05) is 25.9 Å². The lowest BCUT2D eigenvalue weighted by molar-refractivity contribution is -0.134. The zero-order chi connectivity index (χ0) is 23.5. The Labute approximate surface area is 194 Å². The molecule has 0 spiro atoms. The van der Waals surface area contributed by atoms with E-state index in [0.717, 1.165) is 18.4 Å². The number of methoxy groups -OCH3 is 1. The van der Waals surface area contributed by atoms with Crippen molar-refractivity contribution in [3.63, 3.8) is 0 Å².